The van der Waals surface area contributed by atoms with Gasteiger partial charge < -0.3 is 15.0 Å². The predicted molar refractivity (Wildman–Crippen MR) is 75.1 cm³/mol. The number of carbonyl (C=O) groups excluding carboxylic acids is 1. The van der Waals surface area contributed by atoms with Crippen LogP contribution in [0.1, 0.15) is 20.3 Å². The average Bonchev–Trinajstić information content (AvgIpc) is 2.39. The third kappa shape index (κ3) is 4.75. The zero-order valence-corrected chi connectivity index (χ0v) is 12.3. The lowest BCUT2D eigenvalue weighted by Gasteiger charge is -2.37. The first-order chi connectivity index (χ1) is 9.07. The van der Waals surface area contributed by atoms with Crippen molar-refractivity contribution in [3.63, 3.8) is 0 Å². The highest BCUT2D eigenvalue weighted by Gasteiger charge is 2.27. The number of ether oxygens (including phenoxy) is 1. The van der Waals surface area contributed by atoms with E-state index in [4.69, 9.17) is 4.74 Å². The number of rotatable bonds is 3. The van der Waals surface area contributed by atoms with Gasteiger partial charge in [0.2, 0.25) is 5.91 Å². The van der Waals surface area contributed by atoms with Crippen molar-refractivity contribution in [1.29, 1.82) is 0 Å². The SMILES string of the molecule is CC1(C)CNCCC(=O)N(CCN2CCOCC2)C1. The lowest BCUT2D eigenvalue weighted by molar-refractivity contribution is -0.133. The second-order valence-corrected chi connectivity index (χ2v) is 6.36. The maximum atomic E-state index is 12.2. The monoisotopic (exact) mass is 269 g/mol. The number of nitrogens with one attached hydrogen (secondary N) is 1. The highest BCUT2D eigenvalue weighted by atomic mass is 16.5. The van der Waals surface area contributed by atoms with Crippen LogP contribution in [0.5, 0.6) is 0 Å². The highest BCUT2D eigenvalue weighted by Crippen LogP contribution is 2.18. The number of carbonyl (C=O) groups is 1. The van der Waals surface area contributed by atoms with Gasteiger partial charge in [0.05, 0.1) is 13.2 Å². The molecule has 1 amide bonds. The van der Waals surface area contributed by atoms with Crippen LogP contribution in [-0.2, 0) is 9.53 Å². The molecule has 0 spiro atoms. The number of amides is 1. The summed E-state index contributed by atoms with van der Waals surface area (Å²) in [7, 11) is 0. The Kier molecular flexibility index (Phi) is 5.19. The third-order valence-corrected chi connectivity index (χ3v) is 3.88. The minimum Gasteiger partial charge on any atom is -0.379 e. The second-order valence-electron chi connectivity index (χ2n) is 6.36. The molecule has 0 aromatic rings. The Bertz CT molecular complexity index is 301. The first-order valence-electron chi connectivity index (χ1n) is 7.35. The first kappa shape index (κ1) is 14.8. The Morgan fingerprint density at radius 3 is 2.74 bits per heavy atom. The van der Waals surface area contributed by atoms with Crippen molar-refractivity contribution >= 4 is 5.91 Å². The van der Waals surface area contributed by atoms with Crippen LogP contribution >= 0.6 is 0 Å². The minimum absolute atomic E-state index is 0.154. The molecule has 0 atom stereocenters. The second kappa shape index (κ2) is 6.68. The van der Waals surface area contributed by atoms with Crippen LogP contribution in [-0.4, -0.2) is 74.7 Å². The van der Waals surface area contributed by atoms with Crippen molar-refractivity contribution in [1.82, 2.24) is 15.1 Å². The number of nitrogens with zero attached hydrogens (tertiary/aromatic N) is 2. The van der Waals surface area contributed by atoms with Crippen LogP contribution in [0.15, 0.2) is 0 Å². The van der Waals surface area contributed by atoms with Gasteiger partial charge in [-0.15, -0.1) is 0 Å². The van der Waals surface area contributed by atoms with Gasteiger partial charge in [-0.25, -0.2) is 0 Å². The molecule has 0 aromatic heterocycles. The largest absolute Gasteiger partial charge is 0.379 e. The summed E-state index contributed by atoms with van der Waals surface area (Å²) in [5, 5.41) is 3.36. The maximum Gasteiger partial charge on any atom is 0.223 e. The maximum absolute atomic E-state index is 12.2. The van der Waals surface area contributed by atoms with E-state index in [1.165, 1.54) is 0 Å². The average molecular weight is 269 g/mol. The van der Waals surface area contributed by atoms with Crippen molar-refractivity contribution in [2.45, 2.75) is 20.3 Å². The summed E-state index contributed by atoms with van der Waals surface area (Å²) in [6.45, 7) is 12.5. The molecule has 0 saturated carbocycles. The topological polar surface area (TPSA) is 44.8 Å². The van der Waals surface area contributed by atoms with Gasteiger partial charge in [0.1, 0.15) is 0 Å². The summed E-state index contributed by atoms with van der Waals surface area (Å²) in [4.78, 5) is 16.6. The van der Waals surface area contributed by atoms with Gasteiger partial charge in [0.25, 0.3) is 0 Å². The molecule has 2 heterocycles. The molecule has 0 unspecified atom stereocenters. The fraction of sp³-hybridized carbons (Fsp3) is 0.929. The van der Waals surface area contributed by atoms with Gasteiger partial charge in [-0.2, -0.15) is 0 Å². The Morgan fingerprint density at radius 2 is 2.00 bits per heavy atom. The van der Waals surface area contributed by atoms with Crippen molar-refractivity contribution in [2.24, 2.45) is 5.41 Å². The van der Waals surface area contributed by atoms with E-state index in [1.54, 1.807) is 0 Å². The standard InChI is InChI=1S/C14H27N3O2/c1-14(2)11-15-4-3-13(18)17(12-14)6-5-16-7-9-19-10-8-16/h15H,3-12H2,1-2H3. The van der Waals surface area contributed by atoms with Gasteiger partial charge in [0.15, 0.2) is 0 Å². The molecule has 1 N–H and O–H groups in total. The fourth-order valence-corrected chi connectivity index (χ4v) is 2.73. The van der Waals surface area contributed by atoms with E-state index >= 15 is 0 Å². The summed E-state index contributed by atoms with van der Waals surface area (Å²) in [5.41, 5.74) is 0.154. The van der Waals surface area contributed by atoms with Gasteiger partial charge in [-0.3, -0.25) is 9.69 Å². The fourth-order valence-electron chi connectivity index (χ4n) is 2.73. The molecule has 0 radical (unpaired) electrons. The Balaban J connectivity index is 1.85. The minimum atomic E-state index is 0.154. The Hall–Kier alpha value is -0.650. The quantitative estimate of drug-likeness (QED) is 0.793. The van der Waals surface area contributed by atoms with Crippen LogP contribution in [0, 0.1) is 5.41 Å². The van der Waals surface area contributed by atoms with E-state index < -0.39 is 0 Å². The first-order valence-corrected chi connectivity index (χ1v) is 7.35. The Morgan fingerprint density at radius 1 is 1.26 bits per heavy atom. The summed E-state index contributed by atoms with van der Waals surface area (Å²) >= 11 is 0. The molecule has 2 rings (SSSR count). The van der Waals surface area contributed by atoms with Gasteiger partial charge in [0, 0.05) is 52.2 Å². The summed E-state index contributed by atoms with van der Waals surface area (Å²) in [6.07, 6.45) is 0.624. The van der Waals surface area contributed by atoms with Gasteiger partial charge >= 0.3 is 0 Å². The van der Waals surface area contributed by atoms with Crippen LogP contribution in [0.4, 0.5) is 0 Å². The molecule has 2 aliphatic heterocycles. The van der Waals surface area contributed by atoms with Crippen molar-refractivity contribution in [3.05, 3.63) is 0 Å². The normalized spacial score (nSPS) is 26.0. The molecular formula is C14H27N3O2. The third-order valence-electron chi connectivity index (χ3n) is 3.88. The lowest BCUT2D eigenvalue weighted by Crippen LogP contribution is -2.50. The van der Waals surface area contributed by atoms with E-state index in [1.807, 2.05) is 0 Å². The highest BCUT2D eigenvalue weighted by molar-refractivity contribution is 5.76. The molecular weight excluding hydrogens is 242 g/mol. The molecule has 0 aliphatic carbocycles. The molecule has 0 bridgehead atoms. The van der Waals surface area contributed by atoms with Crippen LogP contribution < -0.4 is 5.32 Å². The molecule has 5 nitrogen and oxygen atoms in total. The van der Waals surface area contributed by atoms with E-state index in [-0.39, 0.29) is 11.3 Å². The number of hydrogen-bond acceptors (Lipinski definition) is 4. The summed E-state index contributed by atoms with van der Waals surface area (Å²) < 4.78 is 5.35. The molecule has 110 valence electrons. The molecule has 19 heavy (non-hydrogen) atoms. The van der Waals surface area contributed by atoms with Crippen LogP contribution in [0.25, 0.3) is 0 Å². The van der Waals surface area contributed by atoms with Gasteiger partial charge in [-0.1, -0.05) is 13.8 Å². The molecule has 5 heteroatoms. The van der Waals surface area contributed by atoms with E-state index in [2.05, 4.69) is 29.0 Å². The number of hydrogen-bond donors (Lipinski definition) is 1. The van der Waals surface area contributed by atoms with E-state index in [0.29, 0.717) is 6.42 Å². The van der Waals surface area contributed by atoms with Crippen molar-refractivity contribution in [2.75, 3.05) is 59.0 Å². The Labute approximate surface area is 116 Å². The smallest absolute Gasteiger partial charge is 0.223 e. The van der Waals surface area contributed by atoms with Crippen molar-refractivity contribution < 1.29 is 9.53 Å². The number of morpholine rings is 1. The summed E-state index contributed by atoms with van der Waals surface area (Å²) in [6, 6.07) is 0. The van der Waals surface area contributed by atoms with Crippen LogP contribution in [0.3, 0.4) is 0 Å². The van der Waals surface area contributed by atoms with Gasteiger partial charge in [-0.05, 0) is 5.41 Å². The van der Waals surface area contributed by atoms with E-state index in [9.17, 15) is 4.79 Å². The lowest BCUT2D eigenvalue weighted by atomic mass is 9.91. The predicted octanol–water partition coefficient (Wildman–Crippen LogP) is 0.167. The zero-order chi connectivity index (χ0) is 13.7. The molecule has 0 aromatic carbocycles. The molecule has 2 aliphatic rings. The summed E-state index contributed by atoms with van der Waals surface area (Å²) in [5.74, 6) is 0.286. The molecule has 2 fully saturated rings. The zero-order valence-electron chi connectivity index (χ0n) is 12.3. The van der Waals surface area contributed by atoms with Crippen molar-refractivity contribution in [3.8, 4) is 0 Å². The van der Waals surface area contributed by atoms with E-state index in [0.717, 1.165) is 59.0 Å². The van der Waals surface area contributed by atoms with Crippen LogP contribution in [0.2, 0.25) is 0 Å². The molecule has 2 saturated heterocycles.